The number of amides is 2. The topological polar surface area (TPSA) is 107 Å². The summed E-state index contributed by atoms with van der Waals surface area (Å²) in [6.07, 6.45) is 4.21. The summed E-state index contributed by atoms with van der Waals surface area (Å²) in [6, 6.07) is 21.5. The van der Waals surface area contributed by atoms with Crippen LogP contribution in [-0.2, 0) is 33.7 Å². The molecule has 0 saturated carbocycles. The van der Waals surface area contributed by atoms with E-state index in [1.165, 1.54) is 5.56 Å². The van der Waals surface area contributed by atoms with Crippen LogP contribution in [0.4, 0.5) is 0 Å². The lowest BCUT2D eigenvalue weighted by Gasteiger charge is -2.42. The lowest BCUT2D eigenvalue weighted by atomic mass is 9.91. The van der Waals surface area contributed by atoms with Gasteiger partial charge < -0.3 is 20.5 Å². The van der Waals surface area contributed by atoms with Crippen molar-refractivity contribution in [3.05, 3.63) is 101 Å². The molecule has 0 unspecified atom stereocenters. The Labute approximate surface area is 286 Å². The third-order valence-corrected chi connectivity index (χ3v) is 9.13. The van der Waals surface area contributed by atoms with Crippen molar-refractivity contribution in [2.45, 2.75) is 96.4 Å². The predicted octanol–water partition coefficient (Wildman–Crippen LogP) is 4.30. The molecule has 3 N–H and O–H groups in total. The summed E-state index contributed by atoms with van der Waals surface area (Å²) < 4.78 is 6.29. The van der Waals surface area contributed by atoms with Gasteiger partial charge in [0.05, 0.1) is 24.4 Å². The fraction of sp³-hybridized carbons (Fsp3) is 0.513. The summed E-state index contributed by atoms with van der Waals surface area (Å²) in [5.74, 6) is -0.621. The third-order valence-electron chi connectivity index (χ3n) is 9.13. The number of nitrogens with one attached hydrogen (secondary N) is 2. The van der Waals surface area contributed by atoms with E-state index in [0.29, 0.717) is 32.6 Å². The van der Waals surface area contributed by atoms with E-state index in [9.17, 15) is 14.7 Å². The number of carbonyl (C=O) groups is 2. The van der Waals surface area contributed by atoms with Crippen LogP contribution in [0.2, 0.25) is 0 Å². The zero-order chi connectivity index (χ0) is 34.3. The molecule has 258 valence electrons. The first-order valence-electron chi connectivity index (χ1n) is 17.4. The van der Waals surface area contributed by atoms with Crippen LogP contribution in [0, 0.1) is 5.92 Å². The van der Waals surface area contributed by atoms with E-state index in [-0.39, 0.29) is 42.0 Å². The van der Waals surface area contributed by atoms with Gasteiger partial charge in [0.25, 0.3) is 0 Å². The molecule has 0 spiro atoms. The van der Waals surface area contributed by atoms with E-state index < -0.39 is 18.1 Å². The molecule has 5 rings (SSSR count). The first-order chi connectivity index (χ1) is 22.9. The van der Waals surface area contributed by atoms with Gasteiger partial charge in [-0.2, -0.15) is 0 Å². The summed E-state index contributed by atoms with van der Waals surface area (Å²) in [4.78, 5) is 36.4. The van der Waals surface area contributed by atoms with E-state index in [0.717, 1.165) is 29.7 Å². The van der Waals surface area contributed by atoms with Crippen LogP contribution in [0.3, 0.4) is 0 Å². The van der Waals surface area contributed by atoms with Crippen molar-refractivity contribution in [3.8, 4) is 0 Å². The molecule has 2 aliphatic rings. The normalized spacial score (nSPS) is 21.4. The lowest BCUT2D eigenvalue weighted by molar-refractivity contribution is -0.132. The molecule has 1 aromatic heterocycles. The predicted molar refractivity (Wildman–Crippen MR) is 188 cm³/mol. The van der Waals surface area contributed by atoms with Gasteiger partial charge in [-0.15, -0.1) is 0 Å². The molecule has 3 aromatic rings. The number of benzene rings is 2. The summed E-state index contributed by atoms with van der Waals surface area (Å²) in [6.45, 7) is 12.9. The number of aliphatic hydroxyl groups is 1. The van der Waals surface area contributed by atoms with Crippen LogP contribution in [0.15, 0.2) is 79.1 Å². The average molecular weight is 656 g/mol. The van der Waals surface area contributed by atoms with E-state index in [2.05, 4.69) is 37.6 Å². The minimum Gasteiger partial charge on any atom is -0.392 e. The largest absolute Gasteiger partial charge is 0.392 e. The Morgan fingerprint density at radius 2 is 1.73 bits per heavy atom. The molecule has 1 fully saturated rings. The molecule has 0 bridgehead atoms. The monoisotopic (exact) mass is 655 g/mol. The number of aromatic nitrogens is 1. The van der Waals surface area contributed by atoms with Gasteiger partial charge in [0, 0.05) is 63.0 Å². The van der Waals surface area contributed by atoms with Crippen molar-refractivity contribution in [2.24, 2.45) is 5.92 Å². The summed E-state index contributed by atoms with van der Waals surface area (Å²) in [7, 11) is 0. The standard InChI is InChI=1S/C39H53N5O4/c1-27(2)48-35-22-30-15-9-10-16-33(30)36(35)41-37(46)31(20-28-12-7-6-8-13-28)21-32(45)25-44-19-18-43(24-29-14-11-17-40-23-29)26-34(44)38(47)42-39(3,4)5/h6-17,23,27,31-32,34-36,45H,18-22,24-26H2,1-5H3,(H,41,46)(H,42,47)/t31-,32+,34+,35-,36+/m1/s1. The minimum atomic E-state index is -0.808. The average Bonchev–Trinajstić information content (AvgIpc) is 3.37. The number of rotatable bonds is 13. The summed E-state index contributed by atoms with van der Waals surface area (Å²) in [5, 5.41) is 18.1. The molecule has 2 amide bonds. The van der Waals surface area contributed by atoms with Crippen LogP contribution in [0.1, 0.15) is 69.3 Å². The zero-order valence-electron chi connectivity index (χ0n) is 29.1. The second-order valence-electron chi connectivity index (χ2n) is 14.7. The minimum absolute atomic E-state index is 0.0268. The Balaban J connectivity index is 1.31. The molecule has 2 heterocycles. The van der Waals surface area contributed by atoms with Gasteiger partial charge in [0.2, 0.25) is 11.8 Å². The van der Waals surface area contributed by atoms with E-state index in [4.69, 9.17) is 4.74 Å². The molecular weight excluding hydrogens is 602 g/mol. The first-order valence-corrected chi connectivity index (χ1v) is 17.4. The zero-order valence-corrected chi connectivity index (χ0v) is 29.1. The number of ether oxygens (including phenoxy) is 1. The number of fused-ring (bicyclic) bond motifs is 1. The van der Waals surface area contributed by atoms with Crippen molar-refractivity contribution < 1.29 is 19.4 Å². The van der Waals surface area contributed by atoms with Crippen LogP contribution in [-0.4, -0.2) is 87.8 Å². The number of β-amino-alcohol motifs (C(OH)–C–C–N with tert-alkyl or cyclic N) is 1. The number of hydrogen-bond donors (Lipinski definition) is 3. The van der Waals surface area contributed by atoms with Crippen LogP contribution in [0.5, 0.6) is 0 Å². The highest BCUT2D eigenvalue weighted by Crippen LogP contribution is 2.34. The first kappa shape index (κ1) is 35.7. The molecule has 48 heavy (non-hydrogen) atoms. The second kappa shape index (κ2) is 16.2. The highest BCUT2D eigenvalue weighted by Gasteiger charge is 2.38. The molecule has 1 aliphatic carbocycles. The molecule has 1 saturated heterocycles. The van der Waals surface area contributed by atoms with Crippen molar-refractivity contribution in [1.29, 1.82) is 0 Å². The fourth-order valence-corrected chi connectivity index (χ4v) is 7.02. The van der Waals surface area contributed by atoms with Crippen LogP contribution >= 0.6 is 0 Å². The molecule has 9 nitrogen and oxygen atoms in total. The quantitative estimate of drug-likeness (QED) is 0.252. The Morgan fingerprint density at radius 3 is 2.44 bits per heavy atom. The molecule has 2 aromatic carbocycles. The fourth-order valence-electron chi connectivity index (χ4n) is 7.02. The number of pyridine rings is 1. The number of aliphatic hydroxyl groups excluding tert-OH is 1. The summed E-state index contributed by atoms with van der Waals surface area (Å²) in [5.41, 5.74) is 4.03. The van der Waals surface area contributed by atoms with E-state index >= 15 is 0 Å². The van der Waals surface area contributed by atoms with Gasteiger partial charge in [-0.1, -0.05) is 60.7 Å². The Morgan fingerprint density at radius 1 is 1.00 bits per heavy atom. The van der Waals surface area contributed by atoms with Crippen molar-refractivity contribution in [3.63, 3.8) is 0 Å². The van der Waals surface area contributed by atoms with E-state index in [1.54, 1.807) is 6.20 Å². The molecule has 0 radical (unpaired) electrons. The maximum Gasteiger partial charge on any atom is 0.239 e. The van der Waals surface area contributed by atoms with Gasteiger partial charge in [0.15, 0.2) is 0 Å². The van der Waals surface area contributed by atoms with Crippen LogP contribution < -0.4 is 10.6 Å². The van der Waals surface area contributed by atoms with E-state index in [1.807, 2.05) is 95.4 Å². The maximum atomic E-state index is 14.2. The van der Waals surface area contributed by atoms with Gasteiger partial charge in [-0.25, -0.2) is 0 Å². The Kier molecular flexibility index (Phi) is 12.0. The molecule has 9 heteroatoms. The van der Waals surface area contributed by atoms with Gasteiger partial charge in [-0.05, 0) is 75.8 Å². The lowest BCUT2D eigenvalue weighted by Crippen LogP contribution is -2.61. The third kappa shape index (κ3) is 9.95. The van der Waals surface area contributed by atoms with Crippen molar-refractivity contribution >= 4 is 11.8 Å². The smallest absolute Gasteiger partial charge is 0.239 e. The molecule has 1 aliphatic heterocycles. The van der Waals surface area contributed by atoms with Gasteiger partial charge >= 0.3 is 0 Å². The summed E-state index contributed by atoms with van der Waals surface area (Å²) >= 11 is 0. The van der Waals surface area contributed by atoms with Gasteiger partial charge in [0.1, 0.15) is 6.04 Å². The number of piperazine rings is 1. The Hall–Kier alpha value is -3.63. The van der Waals surface area contributed by atoms with Gasteiger partial charge in [-0.3, -0.25) is 24.4 Å². The Bertz CT molecular complexity index is 1480. The molecular formula is C39H53N5O4. The number of nitrogens with zero attached hydrogens (tertiary/aromatic N) is 3. The van der Waals surface area contributed by atoms with Crippen molar-refractivity contribution in [1.82, 2.24) is 25.4 Å². The highest BCUT2D eigenvalue weighted by atomic mass is 16.5. The second-order valence-corrected chi connectivity index (χ2v) is 14.7. The van der Waals surface area contributed by atoms with Crippen LogP contribution in [0.25, 0.3) is 0 Å². The highest BCUT2D eigenvalue weighted by molar-refractivity contribution is 5.83. The SMILES string of the molecule is CC(C)O[C@@H]1Cc2ccccc2[C@@H]1NC(=O)[C@H](Cc1ccccc1)C[C@H](O)CN1CCN(Cc2cccnc2)C[C@H]1C(=O)NC(C)(C)C. The van der Waals surface area contributed by atoms with Crippen molar-refractivity contribution in [2.75, 3.05) is 26.2 Å². The molecule has 5 atom stereocenters. The number of hydrogen-bond acceptors (Lipinski definition) is 7. The maximum absolute atomic E-state index is 14.2. The number of carbonyl (C=O) groups excluding carboxylic acids is 2.